The van der Waals surface area contributed by atoms with E-state index in [1.165, 1.54) is 13.2 Å². The first-order chi connectivity index (χ1) is 10.4. The van der Waals surface area contributed by atoms with E-state index >= 15 is 0 Å². The van der Waals surface area contributed by atoms with E-state index in [1.807, 2.05) is 0 Å². The van der Waals surface area contributed by atoms with Crippen LogP contribution >= 0.6 is 23.2 Å². The van der Waals surface area contributed by atoms with Gasteiger partial charge in [0.15, 0.2) is 0 Å². The average Bonchev–Trinajstić information content (AvgIpc) is 2.86. The minimum absolute atomic E-state index is 0.160. The molecule has 1 aromatic heterocycles. The van der Waals surface area contributed by atoms with E-state index in [1.54, 1.807) is 12.1 Å². The first kappa shape index (κ1) is 16.1. The van der Waals surface area contributed by atoms with Gasteiger partial charge in [0.05, 0.1) is 22.1 Å². The van der Waals surface area contributed by atoms with Crippen molar-refractivity contribution in [3.05, 3.63) is 44.6 Å². The molecular formula is C12H10Cl2N4O4. The molecule has 0 atom stereocenters. The molecule has 0 unspecified atom stereocenters. The van der Waals surface area contributed by atoms with Crippen LogP contribution in [0.1, 0.15) is 0 Å². The molecule has 2 aromatic rings. The Kier molecular flexibility index (Phi) is 4.84. The molecule has 0 saturated heterocycles. The average molecular weight is 345 g/mol. The predicted octanol–water partition coefficient (Wildman–Crippen LogP) is 2.75. The van der Waals surface area contributed by atoms with Gasteiger partial charge >= 0.3 is 11.6 Å². The van der Waals surface area contributed by atoms with Crippen molar-refractivity contribution in [2.24, 2.45) is 0 Å². The Morgan fingerprint density at radius 2 is 2.18 bits per heavy atom. The molecule has 0 saturated carbocycles. The van der Waals surface area contributed by atoms with Crippen LogP contribution in [0.3, 0.4) is 0 Å². The van der Waals surface area contributed by atoms with Crippen LogP contribution in [0.25, 0.3) is 0 Å². The number of hydrogen-bond acceptors (Lipinski definition) is 5. The summed E-state index contributed by atoms with van der Waals surface area (Å²) < 4.78 is 5.89. The first-order valence-corrected chi connectivity index (χ1v) is 6.67. The van der Waals surface area contributed by atoms with Gasteiger partial charge in [-0.3, -0.25) is 19.6 Å². The van der Waals surface area contributed by atoms with Crippen LogP contribution < -0.4 is 10.1 Å². The molecule has 0 bridgehead atoms. The summed E-state index contributed by atoms with van der Waals surface area (Å²) in [7, 11) is 1.26. The number of amides is 1. The maximum absolute atomic E-state index is 11.9. The predicted molar refractivity (Wildman–Crippen MR) is 80.5 cm³/mol. The SMILES string of the molecule is COc1nn(CC(=O)Nc2ccc(Cl)c(Cl)c2)cc1[N+](=O)[O-]. The van der Waals surface area contributed by atoms with Crippen LogP contribution in [0.4, 0.5) is 11.4 Å². The smallest absolute Gasteiger partial charge is 0.350 e. The highest BCUT2D eigenvalue weighted by molar-refractivity contribution is 6.42. The third kappa shape index (κ3) is 3.66. The highest BCUT2D eigenvalue weighted by atomic mass is 35.5. The summed E-state index contributed by atoms with van der Waals surface area (Å²) in [5.41, 5.74) is 0.137. The molecule has 1 N–H and O–H groups in total. The first-order valence-electron chi connectivity index (χ1n) is 5.91. The third-order valence-electron chi connectivity index (χ3n) is 2.61. The van der Waals surface area contributed by atoms with Crippen LogP contribution in [-0.2, 0) is 11.3 Å². The van der Waals surface area contributed by atoms with E-state index < -0.39 is 10.8 Å². The molecule has 8 nitrogen and oxygen atoms in total. The quantitative estimate of drug-likeness (QED) is 0.663. The highest BCUT2D eigenvalue weighted by Gasteiger charge is 2.21. The van der Waals surface area contributed by atoms with Gasteiger partial charge in [0, 0.05) is 5.69 Å². The number of anilines is 1. The fourth-order valence-corrected chi connectivity index (χ4v) is 1.96. The Hall–Kier alpha value is -2.32. The number of carbonyl (C=O) groups excluding carboxylic acids is 1. The molecule has 0 fully saturated rings. The molecule has 0 spiro atoms. The van der Waals surface area contributed by atoms with E-state index in [4.69, 9.17) is 27.9 Å². The standard InChI is InChI=1S/C12H10Cl2N4O4/c1-22-12-10(18(20)21)5-17(16-12)6-11(19)15-7-2-3-8(13)9(14)4-7/h2-5H,6H2,1H3,(H,15,19). The molecule has 10 heteroatoms. The molecule has 0 aliphatic rings. The van der Waals surface area contributed by atoms with Gasteiger partial charge in [-0.05, 0) is 18.2 Å². The maximum atomic E-state index is 11.9. The Morgan fingerprint density at radius 3 is 2.73 bits per heavy atom. The zero-order chi connectivity index (χ0) is 16.3. The van der Waals surface area contributed by atoms with Crippen LogP contribution in [0.2, 0.25) is 10.0 Å². The summed E-state index contributed by atoms with van der Waals surface area (Å²) in [4.78, 5) is 22.0. The molecule has 116 valence electrons. The van der Waals surface area contributed by atoms with Crippen molar-refractivity contribution in [2.75, 3.05) is 12.4 Å². The number of carbonyl (C=O) groups is 1. The number of methoxy groups -OCH3 is 1. The van der Waals surface area contributed by atoms with E-state index in [2.05, 4.69) is 10.4 Å². The molecule has 0 aliphatic carbocycles. The van der Waals surface area contributed by atoms with Gasteiger partial charge in [-0.25, -0.2) is 0 Å². The normalized spacial score (nSPS) is 10.3. The summed E-state index contributed by atoms with van der Waals surface area (Å²) >= 11 is 11.6. The van der Waals surface area contributed by atoms with Crippen LogP contribution in [0, 0.1) is 10.1 Å². The number of aromatic nitrogens is 2. The second kappa shape index (κ2) is 6.63. The van der Waals surface area contributed by atoms with E-state index in [0.29, 0.717) is 15.7 Å². The molecule has 0 aliphatic heterocycles. The molecule has 2 rings (SSSR count). The van der Waals surface area contributed by atoms with Gasteiger partial charge in [-0.2, -0.15) is 0 Å². The van der Waals surface area contributed by atoms with Crippen molar-refractivity contribution in [1.82, 2.24) is 9.78 Å². The number of rotatable bonds is 5. The van der Waals surface area contributed by atoms with E-state index in [-0.39, 0.29) is 18.1 Å². The number of ether oxygens (including phenoxy) is 1. The number of benzene rings is 1. The number of halogens is 2. The number of nitrogens with zero attached hydrogens (tertiary/aromatic N) is 3. The summed E-state index contributed by atoms with van der Waals surface area (Å²) in [6, 6.07) is 4.62. The maximum Gasteiger partial charge on any atom is 0.350 e. The number of nitrogens with one attached hydrogen (secondary N) is 1. The Bertz CT molecular complexity index is 732. The van der Waals surface area contributed by atoms with Crippen LogP contribution in [0.15, 0.2) is 24.4 Å². The van der Waals surface area contributed by atoms with Crippen molar-refractivity contribution in [3.63, 3.8) is 0 Å². The lowest BCUT2D eigenvalue weighted by Gasteiger charge is -2.06. The van der Waals surface area contributed by atoms with Gasteiger partial charge < -0.3 is 10.1 Å². The van der Waals surface area contributed by atoms with Crippen molar-refractivity contribution in [3.8, 4) is 5.88 Å². The molecule has 0 radical (unpaired) electrons. The zero-order valence-corrected chi connectivity index (χ0v) is 12.8. The minimum atomic E-state index is -0.640. The summed E-state index contributed by atoms with van der Waals surface area (Å²) in [5.74, 6) is -0.592. The van der Waals surface area contributed by atoms with Crippen LogP contribution in [0.5, 0.6) is 5.88 Å². The highest BCUT2D eigenvalue weighted by Crippen LogP contribution is 2.26. The summed E-state index contributed by atoms with van der Waals surface area (Å²) in [6.45, 7) is -0.218. The lowest BCUT2D eigenvalue weighted by atomic mass is 10.3. The second-order valence-electron chi connectivity index (χ2n) is 4.16. The lowest BCUT2D eigenvalue weighted by Crippen LogP contribution is -2.19. The van der Waals surface area contributed by atoms with Crippen molar-refractivity contribution >= 4 is 40.5 Å². The van der Waals surface area contributed by atoms with Crippen LogP contribution in [-0.4, -0.2) is 27.7 Å². The van der Waals surface area contributed by atoms with Gasteiger partial charge in [0.1, 0.15) is 12.7 Å². The minimum Gasteiger partial charge on any atom is -0.475 e. The number of nitro groups is 1. The van der Waals surface area contributed by atoms with Gasteiger partial charge in [-0.1, -0.05) is 23.2 Å². The monoisotopic (exact) mass is 344 g/mol. The second-order valence-corrected chi connectivity index (χ2v) is 4.97. The summed E-state index contributed by atoms with van der Waals surface area (Å²) in [5, 5.41) is 17.8. The molecule has 1 aromatic carbocycles. The zero-order valence-electron chi connectivity index (χ0n) is 11.2. The Morgan fingerprint density at radius 1 is 1.45 bits per heavy atom. The molecule has 1 heterocycles. The fraction of sp³-hybridized carbons (Fsp3) is 0.167. The largest absolute Gasteiger partial charge is 0.475 e. The Balaban J connectivity index is 2.08. The number of hydrogen-bond donors (Lipinski definition) is 1. The van der Waals surface area contributed by atoms with E-state index in [0.717, 1.165) is 10.9 Å². The van der Waals surface area contributed by atoms with Gasteiger partial charge in [0.2, 0.25) is 5.91 Å². The third-order valence-corrected chi connectivity index (χ3v) is 3.35. The van der Waals surface area contributed by atoms with E-state index in [9.17, 15) is 14.9 Å². The summed E-state index contributed by atoms with van der Waals surface area (Å²) in [6.07, 6.45) is 1.12. The van der Waals surface area contributed by atoms with Crippen molar-refractivity contribution < 1.29 is 14.5 Å². The molecule has 1 amide bonds. The van der Waals surface area contributed by atoms with Crippen molar-refractivity contribution in [2.45, 2.75) is 6.54 Å². The lowest BCUT2D eigenvalue weighted by molar-refractivity contribution is -0.385. The fourth-order valence-electron chi connectivity index (χ4n) is 1.67. The Labute approximate surface area is 134 Å². The molecule has 22 heavy (non-hydrogen) atoms. The van der Waals surface area contributed by atoms with Crippen molar-refractivity contribution in [1.29, 1.82) is 0 Å². The van der Waals surface area contributed by atoms with Gasteiger partial charge in [-0.15, -0.1) is 5.10 Å². The van der Waals surface area contributed by atoms with Gasteiger partial charge in [0.25, 0.3) is 0 Å². The topological polar surface area (TPSA) is 99.3 Å². The molecular weight excluding hydrogens is 335 g/mol.